The molecule has 0 aliphatic carbocycles. The van der Waals surface area contributed by atoms with Crippen LogP contribution in [-0.4, -0.2) is 55.5 Å². The molecule has 1 aromatic heterocycles. The van der Waals surface area contributed by atoms with Crippen molar-refractivity contribution < 1.29 is 15.0 Å². The van der Waals surface area contributed by atoms with Gasteiger partial charge in [-0.2, -0.15) is 0 Å². The minimum Gasteiger partial charge on any atom is -0.388 e. The van der Waals surface area contributed by atoms with Crippen molar-refractivity contribution in [2.45, 2.75) is 18.8 Å². The van der Waals surface area contributed by atoms with E-state index in [1.807, 2.05) is 0 Å². The third-order valence-electron chi connectivity index (χ3n) is 3.18. The predicted octanol–water partition coefficient (Wildman–Crippen LogP) is -2.89. The molecule has 2 unspecified atom stereocenters. The maximum absolute atomic E-state index is 11.9. The molecule has 19 heavy (non-hydrogen) atoms. The number of aliphatic hydroxyl groups excluding tert-OH is 2. The molecule has 2 N–H and O–H groups in total. The van der Waals surface area contributed by atoms with Crippen molar-refractivity contribution >= 4 is 5.91 Å². The fourth-order valence-corrected chi connectivity index (χ4v) is 1.96. The zero-order valence-electron chi connectivity index (χ0n) is 10.4. The van der Waals surface area contributed by atoms with Crippen molar-refractivity contribution in [2.75, 3.05) is 13.1 Å². The van der Waals surface area contributed by atoms with Crippen molar-refractivity contribution in [1.29, 1.82) is 0 Å². The smallest absolute Gasteiger partial charge is 0.331 e. The highest BCUT2D eigenvalue weighted by atomic mass is 16.3. The molecule has 8 nitrogen and oxygen atoms in total. The Kier molecular flexibility index (Phi) is 3.54. The monoisotopic (exact) mass is 269 g/mol. The molecule has 1 saturated heterocycles. The molecule has 1 aromatic rings. The Bertz CT molecular complexity index is 595. The molecule has 0 bridgehead atoms. The lowest BCUT2D eigenvalue weighted by molar-refractivity contribution is -0.131. The van der Waals surface area contributed by atoms with Crippen LogP contribution in [0.1, 0.15) is 0 Å². The van der Waals surface area contributed by atoms with Gasteiger partial charge >= 0.3 is 5.69 Å². The van der Waals surface area contributed by atoms with E-state index in [0.29, 0.717) is 0 Å². The van der Waals surface area contributed by atoms with Crippen molar-refractivity contribution in [3.8, 4) is 0 Å². The van der Waals surface area contributed by atoms with E-state index >= 15 is 0 Å². The van der Waals surface area contributed by atoms with Crippen molar-refractivity contribution in [3.63, 3.8) is 0 Å². The Labute approximate surface area is 108 Å². The molecule has 2 rings (SSSR count). The van der Waals surface area contributed by atoms with Gasteiger partial charge in [0.25, 0.3) is 5.56 Å². The quantitative estimate of drug-likeness (QED) is 0.599. The second-order valence-electron chi connectivity index (χ2n) is 4.56. The fourth-order valence-electron chi connectivity index (χ4n) is 1.96. The van der Waals surface area contributed by atoms with Gasteiger partial charge in [-0.3, -0.25) is 18.7 Å². The molecule has 1 fully saturated rings. The van der Waals surface area contributed by atoms with Crippen LogP contribution < -0.4 is 11.2 Å². The summed E-state index contributed by atoms with van der Waals surface area (Å²) in [6, 6.07) is 1.20. The van der Waals surface area contributed by atoms with E-state index in [1.165, 1.54) is 24.2 Å². The number of carbonyl (C=O) groups is 1. The van der Waals surface area contributed by atoms with Crippen molar-refractivity contribution in [2.24, 2.45) is 7.05 Å². The molecular formula is C11H15N3O5. The zero-order chi connectivity index (χ0) is 14.2. The first-order valence-corrected chi connectivity index (χ1v) is 5.80. The molecule has 1 aliphatic rings. The summed E-state index contributed by atoms with van der Waals surface area (Å²) < 4.78 is 2.02. The van der Waals surface area contributed by atoms with Gasteiger partial charge in [-0.25, -0.2) is 4.79 Å². The molecule has 104 valence electrons. The average molecular weight is 269 g/mol. The van der Waals surface area contributed by atoms with Crippen LogP contribution in [-0.2, 0) is 18.4 Å². The van der Waals surface area contributed by atoms with Crippen LogP contribution in [0.25, 0.3) is 0 Å². The lowest BCUT2D eigenvalue weighted by Crippen LogP contribution is -2.41. The van der Waals surface area contributed by atoms with E-state index in [1.54, 1.807) is 0 Å². The molecule has 0 saturated carbocycles. The number of rotatable bonds is 2. The summed E-state index contributed by atoms with van der Waals surface area (Å²) in [7, 11) is 1.33. The first-order chi connectivity index (χ1) is 8.90. The van der Waals surface area contributed by atoms with E-state index < -0.39 is 29.4 Å². The summed E-state index contributed by atoms with van der Waals surface area (Å²) in [4.78, 5) is 36.1. The van der Waals surface area contributed by atoms with Crippen LogP contribution in [0.3, 0.4) is 0 Å². The third kappa shape index (κ3) is 2.59. The maximum Gasteiger partial charge on any atom is 0.331 e. The first-order valence-electron chi connectivity index (χ1n) is 5.80. The normalized spacial score (nSPS) is 22.8. The minimum atomic E-state index is -0.958. The molecule has 2 heterocycles. The number of aliphatic hydroxyl groups is 2. The highest BCUT2D eigenvalue weighted by Gasteiger charge is 2.32. The number of carbonyl (C=O) groups excluding carboxylic acids is 1. The molecule has 0 radical (unpaired) electrons. The van der Waals surface area contributed by atoms with Gasteiger partial charge in [0.2, 0.25) is 5.91 Å². The molecule has 8 heteroatoms. The van der Waals surface area contributed by atoms with Crippen LogP contribution in [0, 0.1) is 0 Å². The zero-order valence-corrected chi connectivity index (χ0v) is 10.4. The molecule has 2 atom stereocenters. The van der Waals surface area contributed by atoms with E-state index in [0.717, 1.165) is 9.13 Å². The van der Waals surface area contributed by atoms with Gasteiger partial charge in [0.05, 0.1) is 12.2 Å². The molecule has 1 aliphatic heterocycles. The van der Waals surface area contributed by atoms with Crippen LogP contribution in [0.2, 0.25) is 0 Å². The Morgan fingerprint density at radius 2 is 1.89 bits per heavy atom. The molecule has 0 spiro atoms. The summed E-state index contributed by atoms with van der Waals surface area (Å²) >= 11 is 0. The van der Waals surface area contributed by atoms with Gasteiger partial charge in [0, 0.05) is 32.4 Å². The average Bonchev–Trinajstić information content (AvgIpc) is 2.70. The highest BCUT2D eigenvalue weighted by molar-refractivity contribution is 5.76. The van der Waals surface area contributed by atoms with E-state index in [-0.39, 0.29) is 19.6 Å². The van der Waals surface area contributed by atoms with Crippen LogP contribution in [0.15, 0.2) is 21.9 Å². The molecule has 1 amide bonds. The fraction of sp³-hybridized carbons (Fsp3) is 0.545. The van der Waals surface area contributed by atoms with E-state index in [4.69, 9.17) is 0 Å². The number of β-amino-alcohol motifs (C(OH)–C–C–N with tert-alkyl or cyclic N) is 2. The Morgan fingerprint density at radius 1 is 1.32 bits per heavy atom. The summed E-state index contributed by atoms with van der Waals surface area (Å²) in [6.45, 7) is -0.145. The van der Waals surface area contributed by atoms with Crippen molar-refractivity contribution in [3.05, 3.63) is 33.1 Å². The standard InChI is InChI=1S/C11H15N3O5/c1-12-9(17)2-3-13(11(12)19)6-10(18)14-4-7(15)8(16)5-14/h2-3,7-8,15-16H,4-6H2,1H3. The Hall–Kier alpha value is -1.93. The van der Waals surface area contributed by atoms with Gasteiger partial charge in [0.1, 0.15) is 6.54 Å². The van der Waals surface area contributed by atoms with Gasteiger partial charge in [-0.15, -0.1) is 0 Å². The summed E-state index contributed by atoms with van der Waals surface area (Å²) in [6.07, 6.45) is -0.660. The second kappa shape index (κ2) is 4.98. The Balaban J connectivity index is 2.14. The number of aromatic nitrogens is 2. The maximum atomic E-state index is 11.9. The van der Waals surface area contributed by atoms with Crippen LogP contribution >= 0.6 is 0 Å². The van der Waals surface area contributed by atoms with Crippen molar-refractivity contribution in [1.82, 2.24) is 14.0 Å². The highest BCUT2D eigenvalue weighted by Crippen LogP contribution is 2.10. The van der Waals surface area contributed by atoms with E-state index in [9.17, 15) is 24.6 Å². The lowest BCUT2D eigenvalue weighted by atomic mass is 10.3. The number of likely N-dealkylation sites (tertiary alicyclic amines) is 1. The molecule has 0 aromatic carbocycles. The molecular weight excluding hydrogens is 254 g/mol. The number of hydrogen-bond donors (Lipinski definition) is 2. The van der Waals surface area contributed by atoms with Gasteiger partial charge in [-0.05, 0) is 0 Å². The summed E-state index contributed by atoms with van der Waals surface area (Å²) in [5, 5.41) is 18.7. The summed E-state index contributed by atoms with van der Waals surface area (Å²) in [5.74, 6) is -0.392. The SMILES string of the molecule is Cn1c(=O)ccn(CC(=O)N2CC(O)C(O)C2)c1=O. The second-order valence-corrected chi connectivity index (χ2v) is 4.56. The van der Waals surface area contributed by atoms with Gasteiger partial charge in [0.15, 0.2) is 0 Å². The third-order valence-corrected chi connectivity index (χ3v) is 3.18. The largest absolute Gasteiger partial charge is 0.388 e. The summed E-state index contributed by atoms with van der Waals surface area (Å²) in [5.41, 5.74) is -1.03. The number of nitrogens with zero attached hydrogens (tertiary/aromatic N) is 3. The van der Waals surface area contributed by atoms with E-state index in [2.05, 4.69) is 0 Å². The van der Waals surface area contributed by atoms with Crippen LogP contribution in [0.5, 0.6) is 0 Å². The lowest BCUT2D eigenvalue weighted by Gasteiger charge is -2.16. The first kappa shape index (κ1) is 13.5. The topological polar surface area (TPSA) is 105 Å². The number of hydrogen-bond acceptors (Lipinski definition) is 5. The van der Waals surface area contributed by atoms with Gasteiger partial charge < -0.3 is 15.1 Å². The van der Waals surface area contributed by atoms with Crippen LogP contribution in [0.4, 0.5) is 0 Å². The Morgan fingerprint density at radius 3 is 2.47 bits per heavy atom. The van der Waals surface area contributed by atoms with Gasteiger partial charge in [-0.1, -0.05) is 0 Å². The number of amides is 1. The predicted molar refractivity (Wildman–Crippen MR) is 64.5 cm³/mol. The minimum absolute atomic E-state index is 0.0422.